The third kappa shape index (κ3) is 2.45. The van der Waals surface area contributed by atoms with Crippen molar-refractivity contribution in [3.8, 4) is 0 Å². The molecule has 2 aromatic carbocycles. The molecule has 2 N–H and O–H groups in total. The van der Waals surface area contributed by atoms with Gasteiger partial charge in [0.25, 0.3) is 0 Å². The molecule has 0 fully saturated rings. The van der Waals surface area contributed by atoms with E-state index in [4.69, 9.17) is 17.3 Å². The molecular formula is C14H10ClN3S. The third-order valence-corrected chi connectivity index (χ3v) is 3.79. The number of hydrogen-bond acceptors (Lipinski definition) is 3. The fraction of sp³-hybridized carbons (Fsp3) is 0. The molecule has 5 heteroatoms. The van der Waals surface area contributed by atoms with E-state index in [2.05, 4.69) is 9.37 Å². The number of amidine groups is 1. The van der Waals surface area contributed by atoms with E-state index in [-0.39, 0.29) is 0 Å². The van der Waals surface area contributed by atoms with Gasteiger partial charge >= 0.3 is 0 Å². The van der Waals surface area contributed by atoms with E-state index in [9.17, 15) is 0 Å². The van der Waals surface area contributed by atoms with Crippen LogP contribution >= 0.6 is 23.1 Å². The Bertz CT molecular complexity index is 747. The van der Waals surface area contributed by atoms with Crippen molar-refractivity contribution in [2.75, 3.05) is 0 Å². The lowest BCUT2D eigenvalue weighted by molar-refractivity contribution is 1.40. The minimum Gasteiger partial charge on any atom is -0.383 e. The fourth-order valence-corrected chi connectivity index (χ4v) is 2.60. The minimum atomic E-state index is 0.438. The second kappa shape index (κ2) is 4.99. The van der Waals surface area contributed by atoms with Crippen LogP contribution in [0.25, 0.3) is 10.1 Å². The van der Waals surface area contributed by atoms with Crippen LogP contribution in [-0.2, 0) is 0 Å². The summed E-state index contributed by atoms with van der Waals surface area (Å²) in [5.74, 6) is 1.10. The van der Waals surface area contributed by atoms with E-state index >= 15 is 0 Å². The molecule has 0 saturated carbocycles. The predicted octanol–water partition coefficient (Wildman–Crippen LogP) is 3.99. The number of nitrogens with two attached hydrogens (primary N) is 1. The van der Waals surface area contributed by atoms with Crippen LogP contribution in [0.1, 0.15) is 5.56 Å². The van der Waals surface area contributed by atoms with Gasteiger partial charge in [-0.15, -0.1) is 0 Å². The van der Waals surface area contributed by atoms with Crippen LogP contribution in [0.3, 0.4) is 0 Å². The van der Waals surface area contributed by atoms with E-state index in [1.807, 2.05) is 36.4 Å². The van der Waals surface area contributed by atoms with E-state index < -0.39 is 0 Å². The van der Waals surface area contributed by atoms with Crippen molar-refractivity contribution in [1.29, 1.82) is 0 Å². The van der Waals surface area contributed by atoms with Gasteiger partial charge < -0.3 is 5.73 Å². The van der Waals surface area contributed by atoms with Crippen molar-refractivity contribution >= 4 is 44.9 Å². The molecule has 0 aliphatic heterocycles. The molecule has 19 heavy (non-hydrogen) atoms. The van der Waals surface area contributed by atoms with E-state index in [0.29, 0.717) is 16.7 Å². The number of halogens is 1. The molecular weight excluding hydrogens is 278 g/mol. The minimum absolute atomic E-state index is 0.438. The number of rotatable bonds is 2. The van der Waals surface area contributed by atoms with E-state index in [1.165, 1.54) is 11.5 Å². The molecule has 0 spiro atoms. The number of benzene rings is 2. The summed E-state index contributed by atoms with van der Waals surface area (Å²) in [7, 11) is 0. The second-order valence-electron chi connectivity index (χ2n) is 4.01. The van der Waals surface area contributed by atoms with Gasteiger partial charge in [-0.3, -0.25) is 0 Å². The molecule has 0 saturated heterocycles. The summed E-state index contributed by atoms with van der Waals surface area (Å²) in [6.45, 7) is 0. The summed E-state index contributed by atoms with van der Waals surface area (Å²) >= 11 is 7.27. The number of nitrogens with zero attached hydrogens (tertiary/aromatic N) is 2. The van der Waals surface area contributed by atoms with Crippen molar-refractivity contribution in [2.24, 2.45) is 10.7 Å². The van der Waals surface area contributed by atoms with Crippen molar-refractivity contribution in [2.45, 2.75) is 0 Å². The van der Waals surface area contributed by atoms with Gasteiger partial charge in [0.05, 0.1) is 4.70 Å². The Kier molecular flexibility index (Phi) is 3.19. The van der Waals surface area contributed by atoms with E-state index in [1.54, 1.807) is 12.1 Å². The molecule has 0 bridgehead atoms. The summed E-state index contributed by atoms with van der Waals surface area (Å²) in [5, 5.41) is 1.69. The Hall–Kier alpha value is -1.91. The zero-order valence-electron chi connectivity index (χ0n) is 9.88. The highest BCUT2D eigenvalue weighted by molar-refractivity contribution is 7.13. The number of aromatic nitrogens is 1. The maximum Gasteiger partial charge on any atom is 0.175 e. The smallest absolute Gasteiger partial charge is 0.175 e. The average Bonchev–Trinajstić information content (AvgIpc) is 2.83. The molecule has 0 unspecified atom stereocenters. The highest BCUT2D eigenvalue weighted by Gasteiger charge is 2.05. The van der Waals surface area contributed by atoms with Crippen molar-refractivity contribution in [1.82, 2.24) is 4.37 Å². The Morgan fingerprint density at radius 3 is 2.63 bits per heavy atom. The molecule has 0 atom stereocenters. The monoisotopic (exact) mass is 287 g/mol. The SMILES string of the molecule is NC(=Nc1nsc2ccccc12)c1ccc(Cl)cc1. The molecule has 3 aromatic rings. The fourth-order valence-electron chi connectivity index (χ4n) is 1.75. The van der Waals surface area contributed by atoms with E-state index in [0.717, 1.165) is 15.6 Å². The molecule has 0 amide bonds. The molecule has 1 heterocycles. The summed E-state index contributed by atoms with van der Waals surface area (Å²) < 4.78 is 5.43. The first kappa shape index (κ1) is 12.1. The topological polar surface area (TPSA) is 51.3 Å². The van der Waals surface area contributed by atoms with Gasteiger partial charge in [0.1, 0.15) is 5.84 Å². The van der Waals surface area contributed by atoms with Crippen LogP contribution in [0.4, 0.5) is 5.82 Å². The van der Waals surface area contributed by atoms with Crippen LogP contribution in [-0.4, -0.2) is 10.2 Å². The van der Waals surface area contributed by atoms with Crippen LogP contribution in [0.5, 0.6) is 0 Å². The molecule has 0 aliphatic carbocycles. The van der Waals surface area contributed by atoms with Gasteiger partial charge in [0.2, 0.25) is 0 Å². The first-order valence-corrected chi connectivity index (χ1v) is 6.84. The first-order valence-electron chi connectivity index (χ1n) is 5.68. The zero-order valence-corrected chi connectivity index (χ0v) is 11.4. The summed E-state index contributed by atoms with van der Waals surface area (Å²) in [6, 6.07) is 15.2. The number of hydrogen-bond donors (Lipinski definition) is 1. The maximum atomic E-state index is 6.00. The Morgan fingerprint density at radius 2 is 1.84 bits per heavy atom. The van der Waals surface area contributed by atoms with Gasteiger partial charge in [0.15, 0.2) is 5.82 Å². The summed E-state index contributed by atoms with van der Waals surface area (Å²) in [4.78, 5) is 4.40. The molecule has 1 aromatic heterocycles. The Balaban J connectivity index is 2.03. The maximum absolute atomic E-state index is 6.00. The van der Waals surface area contributed by atoms with Crippen LogP contribution in [0.2, 0.25) is 5.02 Å². The lowest BCUT2D eigenvalue weighted by Crippen LogP contribution is -2.12. The van der Waals surface area contributed by atoms with Crippen LogP contribution in [0, 0.1) is 0 Å². The first-order chi connectivity index (χ1) is 9.24. The van der Waals surface area contributed by atoms with Gasteiger partial charge in [-0.05, 0) is 47.9 Å². The van der Waals surface area contributed by atoms with Gasteiger partial charge in [-0.1, -0.05) is 23.7 Å². The number of fused-ring (bicyclic) bond motifs is 1. The van der Waals surface area contributed by atoms with Gasteiger partial charge in [-0.25, -0.2) is 4.99 Å². The Morgan fingerprint density at radius 1 is 1.11 bits per heavy atom. The van der Waals surface area contributed by atoms with Gasteiger partial charge in [0, 0.05) is 16.0 Å². The lowest BCUT2D eigenvalue weighted by Gasteiger charge is -2.00. The van der Waals surface area contributed by atoms with Gasteiger partial charge in [-0.2, -0.15) is 4.37 Å². The second-order valence-corrected chi connectivity index (χ2v) is 5.25. The molecule has 3 nitrogen and oxygen atoms in total. The molecule has 94 valence electrons. The van der Waals surface area contributed by atoms with Crippen molar-refractivity contribution < 1.29 is 0 Å². The lowest BCUT2D eigenvalue weighted by atomic mass is 10.2. The molecule has 3 rings (SSSR count). The largest absolute Gasteiger partial charge is 0.383 e. The average molecular weight is 288 g/mol. The normalized spacial score (nSPS) is 11.9. The van der Waals surface area contributed by atoms with Crippen molar-refractivity contribution in [3.05, 3.63) is 59.1 Å². The molecule has 0 aliphatic rings. The highest BCUT2D eigenvalue weighted by Crippen LogP contribution is 2.28. The Labute approximate surface area is 119 Å². The standard InChI is InChI=1S/C14H10ClN3S/c15-10-7-5-9(6-8-10)13(16)17-14-11-3-1-2-4-12(11)19-18-14/h1-8H,(H2,16,17,18). The predicted molar refractivity (Wildman–Crippen MR) is 81.5 cm³/mol. The van der Waals surface area contributed by atoms with Crippen LogP contribution in [0.15, 0.2) is 53.5 Å². The quantitative estimate of drug-likeness (QED) is 0.572. The van der Waals surface area contributed by atoms with Crippen LogP contribution < -0.4 is 5.73 Å². The van der Waals surface area contributed by atoms with Crippen molar-refractivity contribution in [3.63, 3.8) is 0 Å². The zero-order chi connectivity index (χ0) is 13.2. The highest BCUT2D eigenvalue weighted by atomic mass is 35.5. The number of aliphatic imine (C=N–C) groups is 1. The summed E-state index contributed by atoms with van der Waals surface area (Å²) in [6.07, 6.45) is 0. The summed E-state index contributed by atoms with van der Waals surface area (Å²) in [5.41, 5.74) is 6.83. The third-order valence-electron chi connectivity index (χ3n) is 2.72. The molecule has 0 radical (unpaired) electrons.